The molecule has 2 aliphatic heterocycles. The topological polar surface area (TPSA) is 65.1 Å². The summed E-state index contributed by atoms with van der Waals surface area (Å²) in [5, 5.41) is 3.04. The Hall–Kier alpha value is -1.96. The number of ether oxygens (including phenoxy) is 1. The molecule has 2 saturated heterocycles. The van der Waals surface area contributed by atoms with E-state index in [2.05, 4.69) is 53.2 Å². The van der Waals surface area contributed by atoms with Crippen LogP contribution >= 0.6 is 0 Å². The summed E-state index contributed by atoms with van der Waals surface area (Å²) in [5.74, 6) is 0.800. The predicted octanol–water partition coefficient (Wildman–Crippen LogP) is 0.945. The number of hydrogen-bond donors (Lipinski definition) is 1. The maximum atomic E-state index is 12.4. The quantitative estimate of drug-likeness (QED) is 0.684. The molecule has 0 radical (unpaired) electrons. The lowest BCUT2D eigenvalue weighted by Crippen LogP contribution is -2.53. The second kappa shape index (κ2) is 11.4. The summed E-state index contributed by atoms with van der Waals surface area (Å²) < 4.78 is 5.31. The summed E-state index contributed by atoms with van der Waals surface area (Å²) in [7, 11) is 0. The predicted molar refractivity (Wildman–Crippen MR) is 118 cm³/mol. The standard InChI is InChI=1S/C23H36N4O3/c1-19(2)21-5-3-20(4-6-21)7-8-24-22(28)17-25-9-11-26(12-10-25)18-23(29)27-13-15-30-16-14-27/h3-6,19H,7-18H2,1-2H3,(H,24,28). The van der Waals surface area contributed by atoms with Gasteiger partial charge in [0.15, 0.2) is 0 Å². The van der Waals surface area contributed by atoms with E-state index < -0.39 is 0 Å². The molecule has 30 heavy (non-hydrogen) atoms. The van der Waals surface area contributed by atoms with Crippen LogP contribution in [0.1, 0.15) is 30.9 Å². The van der Waals surface area contributed by atoms with E-state index in [0.717, 1.165) is 32.6 Å². The Bertz CT molecular complexity index is 678. The van der Waals surface area contributed by atoms with E-state index in [1.54, 1.807) is 0 Å². The third kappa shape index (κ3) is 7.07. The molecule has 166 valence electrons. The van der Waals surface area contributed by atoms with E-state index >= 15 is 0 Å². The molecule has 0 bridgehead atoms. The lowest BCUT2D eigenvalue weighted by molar-refractivity contribution is -0.137. The first kappa shape index (κ1) is 22.7. The first-order chi connectivity index (χ1) is 14.5. The summed E-state index contributed by atoms with van der Waals surface area (Å²) >= 11 is 0. The molecule has 0 unspecified atom stereocenters. The number of benzene rings is 1. The number of rotatable bonds is 8. The van der Waals surface area contributed by atoms with Gasteiger partial charge in [-0.25, -0.2) is 0 Å². The molecule has 0 saturated carbocycles. The van der Waals surface area contributed by atoms with Crippen LogP contribution in [0, 0.1) is 0 Å². The number of hydrogen-bond acceptors (Lipinski definition) is 5. The first-order valence-corrected chi connectivity index (χ1v) is 11.2. The average molecular weight is 417 g/mol. The van der Waals surface area contributed by atoms with Gasteiger partial charge in [-0.3, -0.25) is 19.4 Å². The Balaban J connectivity index is 1.29. The number of amides is 2. The Morgan fingerprint density at radius 2 is 1.53 bits per heavy atom. The summed E-state index contributed by atoms with van der Waals surface area (Å²) in [5.41, 5.74) is 2.59. The van der Waals surface area contributed by atoms with Crippen LogP contribution in [0.5, 0.6) is 0 Å². The zero-order chi connectivity index (χ0) is 21.3. The molecular formula is C23H36N4O3. The maximum absolute atomic E-state index is 12.4. The molecule has 0 atom stereocenters. The largest absolute Gasteiger partial charge is 0.378 e. The van der Waals surface area contributed by atoms with Crippen molar-refractivity contribution >= 4 is 11.8 Å². The summed E-state index contributed by atoms with van der Waals surface area (Å²) in [6.07, 6.45) is 0.849. The molecule has 2 amide bonds. The molecule has 2 aliphatic rings. The van der Waals surface area contributed by atoms with Crippen molar-refractivity contribution in [2.45, 2.75) is 26.2 Å². The first-order valence-electron chi connectivity index (χ1n) is 11.2. The number of piperazine rings is 1. The monoisotopic (exact) mass is 416 g/mol. The number of nitrogens with one attached hydrogen (secondary N) is 1. The van der Waals surface area contributed by atoms with Crippen LogP contribution in [0.4, 0.5) is 0 Å². The summed E-state index contributed by atoms with van der Waals surface area (Å²) in [6, 6.07) is 8.65. The highest BCUT2D eigenvalue weighted by molar-refractivity contribution is 5.78. The van der Waals surface area contributed by atoms with Gasteiger partial charge >= 0.3 is 0 Å². The molecule has 1 aromatic rings. The van der Waals surface area contributed by atoms with Gasteiger partial charge in [0.2, 0.25) is 11.8 Å². The van der Waals surface area contributed by atoms with Gasteiger partial charge in [-0.05, 0) is 23.5 Å². The van der Waals surface area contributed by atoms with Gasteiger partial charge in [-0.1, -0.05) is 38.1 Å². The van der Waals surface area contributed by atoms with Crippen molar-refractivity contribution in [3.63, 3.8) is 0 Å². The highest BCUT2D eigenvalue weighted by atomic mass is 16.5. The van der Waals surface area contributed by atoms with Crippen molar-refractivity contribution in [2.24, 2.45) is 0 Å². The van der Waals surface area contributed by atoms with Crippen molar-refractivity contribution in [3.05, 3.63) is 35.4 Å². The molecular weight excluding hydrogens is 380 g/mol. The number of carbonyl (C=O) groups excluding carboxylic acids is 2. The smallest absolute Gasteiger partial charge is 0.236 e. The molecule has 0 aliphatic carbocycles. The molecule has 7 heteroatoms. The van der Waals surface area contributed by atoms with Crippen molar-refractivity contribution in [1.29, 1.82) is 0 Å². The van der Waals surface area contributed by atoms with E-state index in [4.69, 9.17) is 4.74 Å². The van der Waals surface area contributed by atoms with Gasteiger partial charge in [0.25, 0.3) is 0 Å². The fraction of sp³-hybridized carbons (Fsp3) is 0.652. The van der Waals surface area contributed by atoms with Gasteiger partial charge in [-0.15, -0.1) is 0 Å². The van der Waals surface area contributed by atoms with Crippen LogP contribution in [-0.4, -0.2) is 98.6 Å². The highest BCUT2D eigenvalue weighted by Crippen LogP contribution is 2.14. The molecule has 2 heterocycles. The summed E-state index contributed by atoms with van der Waals surface area (Å²) in [4.78, 5) is 30.9. The molecule has 0 aromatic heterocycles. The second-order valence-electron chi connectivity index (χ2n) is 8.54. The SMILES string of the molecule is CC(C)c1ccc(CCNC(=O)CN2CCN(CC(=O)N3CCOCC3)CC2)cc1. The fourth-order valence-corrected chi connectivity index (χ4v) is 3.88. The van der Waals surface area contributed by atoms with Crippen LogP contribution in [0.3, 0.4) is 0 Å². The van der Waals surface area contributed by atoms with Crippen LogP contribution in [0.25, 0.3) is 0 Å². The Morgan fingerprint density at radius 1 is 0.933 bits per heavy atom. The average Bonchev–Trinajstić information content (AvgIpc) is 2.76. The van der Waals surface area contributed by atoms with Gasteiger partial charge < -0.3 is 15.0 Å². The van der Waals surface area contributed by atoms with E-state index in [9.17, 15) is 9.59 Å². The third-order valence-electron chi connectivity index (χ3n) is 5.94. The number of carbonyl (C=O) groups is 2. The van der Waals surface area contributed by atoms with Gasteiger partial charge in [0, 0.05) is 45.8 Å². The van der Waals surface area contributed by atoms with Crippen LogP contribution < -0.4 is 5.32 Å². The maximum Gasteiger partial charge on any atom is 0.236 e. The van der Waals surface area contributed by atoms with E-state index in [0.29, 0.717) is 51.9 Å². The Labute approximate surface area is 180 Å². The number of nitrogens with zero attached hydrogens (tertiary/aromatic N) is 3. The Morgan fingerprint density at radius 3 is 2.13 bits per heavy atom. The van der Waals surface area contributed by atoms with Crippen molar-refractivity contribution in [2.75, 3.05) is 72.1 Å². The van der Waals surface area contributed by atoms with Gasteiger partial charge in [0.05, 0.1) is 26.3 Å². The lowest BCUT2D eigenvalue weighted by atomic mass is 10.0. The van der Waals surface area contributed by atoms with Crippen LogP contribution in [-0.2, 0) is 20.7 Å². The summed E-state index contributed by atoms with van der Waals surface area (Å²) in [6.45, 7) is 11.9. The van der Waals surface area contributed by atoms with E-state index in [-0.39, 0.29) is 11.8 Å². The van der Waals surface area contributed by atoms with Crippen molar-refractivity contribution < 1.29 is 14.3 Å². The van der Waals surface area contributed by atoms with E-state index in [1.807, 2.05) is 4.90 Å². The lowest BCUT2D eigenvalue weighted by Gasteiger charge is -2.35. The molecule has 0 spiro atoms. The number of morpholine rings is 1. The molecule has 7 nitrogen and oxygen atoms in total. The normalized spacial score (nSPS) is 18.6. The van der Waals surface area contributed by atoms with Gasteiger partial charge in [0.1, 0.15) is 0 Å². The zero-order valence-corrected chi connectivity index (χ0v) is 18.4. The minimum Gasteiger partial charge on any atom is -0.378 e. The molecule has 2 fully saturated rings. The molecule has 1 N–H and O–H groups in total. The molecule has 1 aromatic carbocycles. The minimum atomic E-state index is 0.0756. The fourth-order valence-electron chi connectivity index (χ4n) is 3.88. The second-order valence-corrected chi connectivity index (χ2v) is 8.54. The minimum absolute atomic E-state index is 0.0756. The van der Waals surface area contributed by atoms with E-state index in [1.165, 1.54) is 11.1 Å². The van der Waals surface area contributed by atoms with Crippen LogP contribution in [0.15, 0.2) is 24.3 Å². The van der Waals surface area contributed by atoms with Crippen molar-refractivity contribution in [3.8, 4) is 0 Å². The van der Waals surface area contributed by atoms with Crippen molar-refractivity contribution in [1.82, 2.24) is 20.0 Å². The highest BCUT2D eigenvalue weighted by Gasteiger charge is 2.23. The third-order valence-corrected chi connectivity index (χ3v) is 5.94. The van der Waals surface area contributed by atoms with Crippen LogP contribution in [0.2, 0.25) is 0 Å². The zero-order valence-electron chi connectivity index (χ0n) is 18.4. The Kier molecular flexibility index (Phi) is 8.66. The molecule has 3 rings (SSSR count). The van der Waals surface area contributed by atoms with Gasteiger partial charge in [-0.2, -0.15) is 0 Å².